The fourth-order valence-corrected chi connectivity index (χ4v) is 1.93. The average molecular weight is 265 g/mol. The van der Waals surface area contributed by atoms with Gasteiger partial charge >= 0.3 is 0 Å². The van der Waals surface area contributed by atoms with Crippen LogP contribution >= 0.6 is 11.6 Å². The Balaban J connectivity index is 2.62. The quantitative estimate of drug-likeness (QED) is 0.794. The van der Waals surface area contributed by atoms with Crippen molar-refractivity contribution in [2.45, 2.75) is 33.2 Å². The van der Waals surface area contributed by atoms with Crippen molar-refractivity contribution in [2.24, 2.45) is 5.41 Å². The van der Waals surface area contributed by atoms with Gasteiger partial charge in [0.1, 0.15) is 0 Å². The Morgan fingerprint density at radius 3 is 2.67 bits per heavy atom. The molecule has 2 nitrogen and oxygen atoms in total. The Kier molecular flexibility index (Phi) is 5.19. The lowest BCUT2D eigenvalue weighted by molar-refractivity contribution is 0.231. The van der Waals surface area contributed by atoms with Gasteiger partial charge in [0.25, 0.3) is 0 Å². The fraction of sp³-hybridized carbons (Fsp3) is 0.533. The summed E-state index contributed by atoms with van der Waals surface area (Å²) in [4.78, 5) is 2.25. The molecule has 18 heavy (non-hydrogen) atoms. The molecule has 0 fully saturated rings. The largest absolute Gasteiger partial charge is 0.300 e. The first-order valence-electron chi connectivity index (χ1n) is 6.23. The van der Waals surface area contributed by atoms with Crippen molar-refractivity contribution in [3.63, 3.8) is 0 Å². The van der Waals surface area contributed by atoms with Gasteiger partial charge < -0.3 is 0 Å². The summed E-state index contributed by atoms with van der Waals surface area (Å²) in [6.45, 7) is 7.01. The number of hydrogen-bond acceptors (Lipinski definition) is 2. The number of benzene rings is 1. The predicted molar refractivity (Wildman–Crippen MR) is 76.5 cm³/mol. The molecule has 0 aliphatic heterocycles. The third-order valence-corrected chi connectivity index (χ3v) is 3.62. The second kappa shape index (κ2) is 6.22. The van der Waals surface area contributed by atoms with Gasteiger partial charge in [-0.1, -0.05) is 23.7 Å². The van der Waals surface area contributed by atoms with Gasteiger partial charge in [-0.15, -0.1) is 0 Å². The molecule has 0 aliphatic carbocycles. The molecule has 1 aromatic rings. The maximum absolute atomic E-state index is 9.01. The molecule has 0 bridgehead atoms. The molecular formula is C15H21ClN2. The van der Waals surface area contributed by atoms with E-state index in [1.165, 1.54) is 5.56 Å². The van der Waals surface area contributed by atoms with Gasteiger partial charge in [0.05, 0.1) is 11.5 Å². The molecule has 0 aromatic heterocycles. The molecule has 1 unspecified atom stereocenters. The van der Waals surface area contributed by atoms with Crippen LogP contribution in [0.25, 0.3) is 0 Å². The summed E-state index contributed by atoms with van der Waals surface area (Å²) in [5, 5.41) is 9.78. The average Bonchev–Trinajstić information content (AvgIpc) is 2.35. The predicted octanol–water partition coefficient (Wildman–Crippen LogP) is 4.27. The van der Waals surface area contributed by atoms with Gasteiger partial charge in [-0.25, -0.2) is 0 Å². The third-order valence-electron chi connectivity index (χ3n) is 3.38. The Morgan fingerprint density at radius 2 is 2.11 bits per heavy atom. The van der Waals surface area contributed by atoms with Gasteiger partial charge in [-0.2, -0.15) is 5.26 Å². The van der Waals surface area contributed by atoms with Gasteiger partial charge in [0, 0.05) is 11.1 Å². The van der Waals surface area contributed by atoms with Crippen LogP contribution in [0.1, 0.15) is 38.8 Å². The van der Waals surface area contributed by atoms with E-state index in [4.69, 9.17) is 16.9 Å². The van der Waals surface area contributed by atoms with Crippen molar-refractivity contribution in [1.29, 1.82) is 5.26 Å². The minimum atomic E-state index is -0.262. The maximum atomic E-state index is 9.01. The summed E-state index contributed by atoms with van der Waals surface area (Å²) in [5.41, 5.74) is 0.947. The molecule has 0 amide bonds. The van der Waals surface area contributed by atoms with E-state index >= 15 is 0 Å². The topological polar surface area (TPSA) is 27.0 Å². The zero-order chi connectivity index (χ0) is 13.8. The van der Waals surface area contributed by atoms with Crippen LogP contribution in [0.15, 0.2) is 24.3 Å². The van der Waals surface area contributed by atoms with Crippen LogP contribution in [-0.4, -0.2) is 18.5 Å². The molecular weight excluding hydrogens is 244 g/mol. The molecule has 0 heterocycles. The first kappa shape index (κ1) is 15.0. The number of halogens is 1. The normalized spacial score (nSPS) is 13.4. The van der Waals surface area contributed by atoms with Crippen molar-refractivity contribution in [3.8, 4) is 6.07 Å². The van der Waals surface area contributed by atoms with Gasteiger partial charge in [-0.3, -0.25) is 4.90 Å². The van der Waals surface area contributed by atoms with Crippen molar-refractivity contribution >= 4 is 11.6 Å². The molecule has 1 atom stereocenters. The maximum Gasteiger partial charge on any atom is 0.0684 e. The van der Waals surface area contributed by atoms with Crippen LogP contribution in [0.3, 0.4) is 0 Å². The van der Waals surface area contributed by atoms with Crippen LogP contribution in [0.2, 0.25) is 5.02 Å². The van der Waals surface area contributed by atoms with Gasteiger partial charge in [-0.05, 0) is 58.5 Å². The summed E-state index contributed by atoms with van der Waals surface area (Å²) in [5.74, 6) is 0. The molecule has 1 rings (SSSR count). The molecule has 0 saturated carbocycles. The third kappa shape index (κ3) is 4.33. The number of hydrogen-bond donors (Lipinski definition) is 0. The lowest BCUT2D eigenvalue weighted by Gasteiger charge is -2.27. The molecule has 0 radical (unpaired) electrons. The SMILES string of the molecule is CC(c1cccc(Cl)c1)N(C)CCC(C)(C)C#N. The first-order valence-corrected chi connectivity index (χ1v) is 6.60. The highest BCUT2D eigenvalue weighted by atomic mass is 35.5. The Bertz CT molecular complexity index is 434. The highest BCUT2D eigenvalue weighted by Gasteiger charge is 2.19. The molecule has 0 aliphatic rings. The summed E-state index contributed by atoms with van der Waals surface area (Å²) >= 11 is 6.00. The van der Waals surface area contributed by atoms with Crippen LogP contribution in [0, 0.1) is 16.7 Å². The molecule has 0 spiro atoms. The first-order chi connectivity index (χ1) is 8.35. The van der Waals surface area contributed by atoms with Crippen molar-refractivity contribution < 1.29 is 0 Å². The molecule has 0 saturated heterocycles. The van der Waals surface area contributed by atoms with E-state index in [1.807, 2.05) is 32.0 Å². The van der Waals surface area contributed by atoms with E-state index in [9.17, 15) is 0 Å². The zero-order valence-corrected chi connectivity index (χ0v) is 12.3. The summed E-state index contributed by atoms with van der Waals surface area (Å²) in [7, 11) is 2.08. The van der Waals surface area contributed by atoms with Crippen LogP contribution in [0.4, 0.5) is 0 Å². The highest BCUT2D eigenvalue weighted by Crippen LogP contribution is 2.24. The molecule has 1 aromatic carbocycles. The smallest absolute Gasteiger partial charge is 0.0684 e. The highest BCUT2D eigenvalue weighted by molar-refractivity contribution is 6.30. The van der Waals surface area contributed by atoms with E-state index in [2.05, 4.69) is 31.0 Å². The summed E-state index contributed by atoms with van der Waals surface area (Å²) in [6, 6.07) is 10.6. The van der Waals surface area contributed by atoms with E-state index in [0.717, 1.165) is 18.0 Å². The number of rotatable bonds is 5. The molecule has 0 N–H and O–H groups in total. The minimum Gasteiger partial charge on any atom is -0.300 e. The van der Waals surface area contributed by atoms with E-state index < -0.39 is 0 Å². The fourth-order valence-electron chi connectivity index (χ4n) is 1.73. The van der Waals surface area contributed by atoms with Gasteiger partial charge in [0.15, 0.2) is 0 Å². The van der Waals surface area contributed by atoms with Crippen LogP contribution in [-0.2, 0) is 0 Å². The van der Waals surface area contributed by atoms with Crippen molar-refractivity contribution in [3.05, 3.63) is 34.9 Å². The van der Waals surface area contributed by atoms with E-state index in [1.54, 1.807) is 0 Å². The minimum absolute atomic E-state index is 0.262. The number of nitrogens with zero attached hydrogens (tertiary/aromatic N) is 2. The van der Waals surface area contributed by atoms with Crippen LogP contribution < -0.4 is 0 Å². The van der Waals surface area contributed by atoms with E-state index in [0.29, 0.717) is 6.04 Å². The Morgan fingerprint density at radius 1 is 1.44 bits per heavy atom. The lowest BCUT2D eigenvalue weighted by atomic mass is 9.91. The number of nitriles is 1. The van der Waals surface area contributed by atoms with Crippen LogP contribution in [0.5, 0.6) is 0 Å². The van der Waals surface area contributed by atoms with Gasteiger partial charge in [0.2, 0.25) is 0 Å². The molecule has 3 heteroatoms. The Labute approximate surface area is 115 Å². The summed E-state index contributed by atoms with van der Waals surface area (Å²) in [6.07, 6.45) is 0.866. The zero-order valence-electron chi connectivity index (χ0n) is 11.6. The molecule has 98 valence electrons. The van der Waals surface area contributed by atoms with Crippen molar-refractivity contribution in [2.75, 3.05) is 13.6 Å². The van der Waals surface area contributed by atoms with E-state index in [-0.39, 0.29) is 5.41 Å². The van der Waals surface area contributed by atoms with Crippen molar-refractivity contribution in [1.82, 2.24) is 4.90 Å². The standard InChI is InChI=1S/C15H21ClN2/c1-12(13-6-5-7-14(16)10-13)18(4)9-8-15(2,3)11-17/h5-7,10,12H,8-9H2,1-4H3. The Hall–Kier alpha value is -1.04. The second-order valence-electron chi connectivity index (χ2n) is 5.46. The summed E-state index contributed by atoms with van der Waals surface area (Å²) < 4.78 is 0. The second-order valence-corrected chi connectivity index (χ2v) is 5.89. The monoisotopic (exact) mass is 264 g/mol. The lowest BCUT2D eigenvalue weighted by Crippen LogP contribution is -2.27.